The highest BCUT2D eigenvalue weighted by molar-refractivity contribution is 5.72. The van der Waals surface area contributed by atoms with E-state index in [2.05, 4.69) is 74.3 Å². The molecule has 0 unspecified atom stereocenters. The summed E-state index contributed by atoms with van der Waals surface area (Å²) in [5.41, 5.74) is 6.90. The molecule has 0 fully saturated rings. The molecule has 0 saturated heterocycles. The van der Waals surface area contributed by atoms with Crippen molar-refractivity contribution in [1.82, 2.24) is 4.98 Å². The monoisotopic (exact) mass is 513 g/mol. The van der Waals surface area contributed by atoms with Crippen LogP contribution in [0.2, 0.25) is 0 Å². The van der Waals surface area contributed by atoms with Crippen LogP contribution < -0.4 is 0 Å². The Labute approximate surface area is 228 Å². The fourth-order valence-electron chi connectivity index (χ4n) is 5.16. The summed E-state index contributed by atoms with van der Waals surface area (Å²) in [5.74, 6) is -0.232. The molecule has 2 aromatic carbocycles. The summed E-state index contributed by atoms with van der Waals surface area (Å²) in [6.45, 7) is 12.9. The number of hydrogen-bond acceptors (Lipinski definition) is 4. The molecule has 3 rings (SSSR count). The van der Waals surface area contributed by atoms with Gasteiger partial charge >= 0.3 is 5.97 Å². The first-order chi connectivity index (χ1) is 18.2. The summed E-state index contributed by atoms with van der Waals surface area (Å²) < 4.78 is 5.03. The van der Waals surface area contributed by atoms with Crippen molar-refractivity contribution in [2.75, 3.05) is 6.61 Å². The number of carbonyl (C=O) groups is 1. The molecule has 3 aromatic rings. The van der Waals surface area contributed by atoms with Gasteiger partial charge in [0.2, 0.25) is 0 Å². The third-order valence-electron chi connectivity index (χ3n) is 8.04. The summed E-state index contributed by atoms with van der Waals surface area (Å²) in [6, 6.07) is 19.4. The van der Waals surface area contributed by atoms with Gasteiger partial charge in [0.25, 0.3) is 0 Å². The number of pyridine rings is 1. The van der Waals surface area contributed by atoms with Gasteiger partial charge in [-0.2, -0.15) is 0 Å². The first-order valence-electron chi connectivity index (χ1n) is 14.0. The van der Waals surface area contributed by atoms with E-state index in [1.54, 1.807) is 6.20 Å². The van der Waals surface area contributed by atoms with Gasteiger partial charge in [0, 0.05) is 17.2 Å². The molecule has 0 aliphatic carbocycles. The van der Waals surface area contributed by atoms with Crippen LogP contribution >= 0.6 is 0 Å². The largest absolute Gasteiger partial charge is 0.466 e. The van der Waals surface area contributed by atoms with Gasteiger partial charge in [-0.15, -0.1) is 0 Å². The zero-order chi connectivity index (χ0) is 27.8. The number of nitrogens with zero attached hydrogens (tertiary/aromatic N) is 1. The summed E-state index contributed by atoms with van der Waals surface area (Å²) in [5, 5.41) is 10.7. The number of aryl methyl sites for hydroxylation is 1. The van der Waals surface area contributed by atoms with Gasteiger partial charge in [-0.1, -0.05) is 88.4 Å². The van der Waals surface area contributed by atoms with Crippen LogP contribution in [0.5, 0.6) is 0 Å². The number of ether oxygens (including phenoxy) is 1. The van der Waals surface area contributed by atoms with E-state index in [-0.39, 0.29) is 17.8 Å². The van der Waals surface area contributed by atoms with Gasteiger partial charge in [-0.25, -0.2) is 0 Å². The molecule has 0 amide bonds. The van der Waals surface area contributed by atoms with Gasteiger partial charge in [0.15, 0.2) is 0 Å². The Morgan fingerprint density at radius 2 is 1.55 bits per heavy atom. The van der Waals surface area contributed by atoms with E-state index < -0.39 is 5.60 Å². The highest BCUT2D eigenvalue weighted by atomic mass is 16.5. The topological polar surface area (TPSA) is 59.4 Å². The van der Waals surface area contributed by atoms with Gasteiger partial charge in [-0.3, -0.25) is 9.78 Å². The van der Waals surface area contributed by atoms with Crippen LogP contribution in [0.1, 0.15) is 88.1 Å². The fourth-order valence-corrected chi connectivity index (χ4v) is 5.16. The molecule has 0 radical (unpaired) electrons. The predicted molar refractivity (Wildman–Crippen MR) is 157 cm³/mol. The van der Waals surface area contributed by atoms with Crippen LogP contribution in [-0.4, -0.2) is 28.3 Å². The molecule has 0 aliphatic heterocycles. The second-order valence-electron chi connectivity index (χ2n) is 10.1. The number of hydrogen-bond donors (Lipinski definition) is 1. The molecule has 0 aliphatic rings. The average molecular weight is 514 g/mol. The highest BCUT2D eigenvalue weighted by Crippen LogP contribution is 2.40. The molecule has 0 spiro atoms. The Kier molecular flexibility index (Phi) is 10.0. The molecular weight excluding hydrogens is 470 g/mol. The smallest absolute Gasteiger partial charge is 0.310 e. The number of carbonyl (C=O) groups excluding carboxylic acids is 1. The zero-order valence-electron chi connectivity index (χ0n) is 23.9. The molecule has 0 atom stereocenters. The van der Waals surface area contributed by atoms with Crippen LogP contribution in [-0.2, 0) is 21.4 Å². The molecule has 38 heavy (non-hydrogen) atoms. The lowest BCUT2D eigenvalue weighted by Crippen LogP contribution is -2.26. The first-order valence-corrected chi connectivity index (χ1v) is 14.0. The molecule has 4 heteroatoms. The highest BCUT2D eigenvalue weighted by Gasteiger charge is 2.31. The lowest BCUT2D eigenvalue weighted by molar-refractivity contribution is -0.142. The molecule has 0 bridgehead atoms. The van der Waals surface area contributed by atoms with E-state index in [4.69, 9.17) is 4.74 Å². The SMILES string of the molecule is CCOC(=O)Cc1ccc(-c2ccc(C(CC)(CC)c3ccc(C=CC(O)(CC)CC)c(C)c3)cc2)nc1. The summed E-state index contributed by atoms with van der Waals surface area (Å²) in [7, 11) is 0. The number of aromatic nitrogens is 1. The Bertz CT molecular complexity index is 1220. The maximum absolute atomic E-state index is 11.7. The Hall–Kier alpha value is -3.24. The zero-order valence-corrected chi connectivity index (χ0v) is 23.9. The van der Waals surface area contributed by atoms with Crippen molar-refractivity contribution in [2.24, 2.45) is 0 Å². The van der Waals surface area contributed by atoms with E-state index in [9.17, 15) is 9.90 Å². The van der Waals surface area contributed by atoms with Crippen molar-refractivity contribution in [3.63, 3.8) is 0 Å². The quantitative estimate of drug-likeness (QED) is 0.251. The number of esters is 1. The van der Waals surface area contributed by atoms with E-state index in [1.807, 2.05) is 39.0 Å². The minimum atomic E-state index is -0.750. The fraction of sp³-hybridized carbons (Fsp3) is 0.412. The van der Waals surface area contributed by atoms with Gasteiger partial charge in [-0.05, 0) is 73.4 Å². The first kappa shape index (κ1) is 29.3. The van der Waals surface area contributed by atoms with E-state index in [1.165, 1.54) is 16.7 Å². The lowest BCUT2D eigenvalue weighted by atomic mass is 9.70. The molecule has 1 N–H and O–H groups in total. The normalized spacial score (nSPS) is 12.2. The van der Waals surface area contributed by atoms with Crippen molar-refractivity contribution in [3.8, 4) is 11.3 Å². The molecule has 1 heterocycles. The van der Waals surface area contributed by atoms with E-state index in [0.29, 0.717) is 19.4 Å². The van der Waals surface area contributed by atoms with Crippen LogP contribution in [0.4, 0.5) is 0 Å². The second-order valence-corrected chi connectivity index (χ2v) is 10.1. The van der Waals surface area contributed by atoms with Crippen LogP contribution in [0, 0.1) is 6.92 Å². The maximum atomic E-state index is 11.7. The van der Waals surface area contributed by atoms with Crippen LogP contribution in [0.3, 0.4) is 0 Å². The van der Waals surface area contributed by atoms with Gasteiger partial charge in [0.05, 0.1) is 24.3 Å². The van der Waals surface area contributed by atoms with E-state index >= 15 is 0 Å². The van der Waals surface area contributed by atoms with E-state index in [0.717, 1.165) is 35.2 Å². The van der Waals surface area contributed by atoms with Gasteiger partial charge < -0.3 is 9.84 Å². The van der Waals surface area contributed by atoms with Gasteiger partial charge in [0.1, 0.15) is 0 Å². The van der Waals surface area contributed by atoms with Crippen molar-refractivity contribution in [2.45, 2.75) is 84.7 Å². The molecule has 4 nitrogen and oxygen atoms in total. The number of benzene rings is 2. The Morgan fingerprint density at radius 3 is 2.08 bits per heavy atom. The Morgan fingerprint density at radius 1 is 0.895 bits per heavy atom. The molecule has 202 valence electrons. The minimum absolute atomic E-state index is 0.0873. The van der Waals surface area contributed by atoms with Crippen molar-refractivity contribution >= 4 is 12.0 Å². The maximum Gasteiger partial charge on any atom is 0.310 e. The molecular formula is C34H43NO3. The van der Waals surface area contributed by atoms with Crippen molar-refractivity contribution in [3.05, 3.63) is 94.7 Å². The summed E-state index contributed by atoms with van der Waals surface area (Å²) in [4.78, 5) is 16.3. The average Bonchev–Trinajstić information content (AvgIpc) is 2.94. The third-order valence-corrected chi connectivity index (χ3v) is 8.04. The second kappa shape index (κ2) is 13.0. The van der Waals surface area contributed by atoms with Crippen LogP contribution in [0.15, 0.2) is 66.9 Å². The predicted octanol–water partition coefficient (Wildman–Crippen LogP) is 7.83. The lowest BCUT2D eigenvalue weighted by Gasteiger charge is -2.34. The third kappa shape index (κ3) is 6.60. The standard InChI is InChI=1S/C34H43NO3/c1-7-33(37,8-2)21-20-27-13-18-30(22-25(27)6)34(9-3,10-4)29-16-14-28(15-17-29)31-19-12-26(24-35-31)23-32(36)38-11-5/h12-22,24,37H,7-11,23H2,1-6H3. The van der Waals surface area contributed by atoms with Crippen molar-refractivity contribution < 1.29 is 14.6 Å². The summed E-state index contributed by atoms with van der Waals surface area (Å²) in [6.07, 6.45) is 9.38. The molecule has 1 aromatic heterocycles. The van der Waals surface area contributed by atoms with Crippen LogP contribution in [0.25, 0.3) is 17.3 Å². The Balaban J connectivity index is 1.86. The minimum Gasteiger partial charge on any atom is -0.466 e. The molecule has 0 saturated carbocycles. The number of aliphatic hydroxyl groups is 1. The summed E-state index contributed by atoms with van der Waals surface area (Å²) >= 11 is 0. The number of rotatable bonds is 12. The van der Waals surface area contributed by atoms with Crippen molar-refractivity contribution in [1.29, 1.82) is 0 Å².